The van der Waals surface area contributed by atoms with Gasteiger partial charge >= 0.3 is 5.97 Å². The Labute approximate surface area is 137 Å². The zero-order valence-electron chi connectivity index (χ0n) is 11.9. The number of carbonyl (C=O) groups is 1. The van der Waals surface area contributed by atoms with Crippen molar-refractivity contribution in [1.82, 2.24) is 9.97 Å². The summed E-state index contributed by atoms with van der Waals surface area (Å²) in [7, 11) is 0. The molecule has 0 bridgehead atoms. The Balaban J connectivity index is 1.81. The van der Waals surface area contributed by atoms with Crippen molar-refractivity contribution in [1.29, 1.82) is 0 Å². The van der Waals surface area contributed by atoms with E-state index in [1.54, 1.807) is 12.4 Å². The Bertz CT molecular complexity index is 653. The van der Waals surface area contributed by atoms with Crippen LogP contribution in [0.2, 0.25) is 0 Å². The molecule has 0 unspecified atom stereocenters. The Hall–Kier alpha value is -1.95. The molecule has 0 spiro atoms. The number of benzene rings is 1. The van der Waals surface area contributed by atoms with Gasteiger partial charge in [0.05, 0.1) is 9.89 Å². The first kappa shape index (κ1) is 15.0. The standard InChI is InChI=1S/C16H16BrN3O2/c17-13-10-18-15(19-11-13)20-8-6-16(7-9-20,14(21)22)12-4-2-1-3-5-12/h1-5,10-11H,6-9H2,(H,21,22). The topological polar surface area (TPSA) is 66.3 Å². The molecule has 1 aliphatic rings. The van der Waals surface area contributed by atoms with Crippen LogP contribution < -0.4 is 4.90 Å². The minimum atomic E-state index is -0.812. The van der Waals surface area contributed by atoms with Gasteiger partial charge < -0.3 is 10.0 Å². The van der Waals surface area contributed by atoms with E-state index in [4.69, 9.17) is 0 Å². The summed E-state index contributed by atoms with van der Waals surface area (Å²) >= 11 is 3.32. The summed E-state index contributed by atoms with van der Waals surface area (Å²) in [4.78, 5) is 22.5. The molecule has 114 valence electrons. The van der Waals surface area contributed by atoms with Gasteiger partial charge in [-0.25, -0.2) is 9.97 Å². The van der Waals surface area contributed by atoms with Gasteiger partial charge in [0.25, 0.3) is 0 Å². The number of carboxylic acid groups (broad SMARTS) is 1. The summed E-state index contributed by atoms with van der Waals surface area (Å²) in [5.41, 5.74) is 0.0616. The average Bonchev–Trinajstić information content (AvgIpc) is 2.56. The maximum absolute atomic E-state index is 11.9. The van der Waals surface area contributed by atoms with E-state index in [1.165, 1.54) is 0 Å². The van der Waals surface area contributed by atoms with Crippen LogP contribution >= 0.6 is 15.9 Å². The second kappa shape index (κ2) is 6.04. The quantitative estimate of drug-likeness (QED) is 0.910. The lowest BCUT2D eigenvalue weighted by molar-refractivity contribution is -0.144. The fourth-order valence-electron chi connectivity index (χ4n) is 2.94. The van der Waals surface area contributed by atoms with Gasteiger partial charge in [-0.05, 0) is 34.3 Å². The van der Waals surface area contributed by atoms with Gasteiger partial charge in [-0.15, -0.1) is 0 Å². The average molecular weight is 362 g/mol. The molecular weight excluding hydrogens is 346 g/mol. The molecule has 1 saturated heterocycles. The molecule has 0 atom stereocenters. The van der Waals surface area contributed by atoms with Crippen molar-refractivity contribution in [3.05, 3.63) is 52.8 Å². The van der Waals surface area contributed by atoms with Crippen molar-refractivity contribution in [2.75, 3.05) is 18.0 Å². The third-order valence-electron chi connectivity index (χ3n) is 4.24. The smallest absolute Gasteiger partial charge is 0.314 e. The van der Waals surface area contributed by atoms with Crippen LogP contribution in [0.1, 0.15) is 18.4 Å². The van der Waals surface area contributed by atoms with Crippen LogP contribution in [-0.2, 0) is 10.2 Å². The van der Waals surface area contributed by atoms with Crippen LogP contribution in [0.25, 0.3) is 0 Å². The fraction of sp³-hybridized carbons (Fsp3) is 0.312. The van der Waals surface area contributed by atoms with Gasteiger partial charge in [0.2, 0.25) is 5.95 Å². The van der Waals surface area contributed by atoms with Gasteiger partial charge in [-0.2, -0.15) is 0 Å². The molecule has 0 radical (unpaired) electrons. The largest absolute Gasteiger partial charge is 0.481 e. The van der Waals surface area contributed by atoms with Crippen molar-refractivity contribution in [3.8, 4) is 0 Å². The van der Waals surface area contributed by atoms with Crippen LogP contribution in [0.5, 0.6) is 0 Å². The van der Waals surface area contributed by atoms with Crippen LogP contribution in [-0.4, -0.2) is 34.1 Å². The Morgan fingerprint density at radius 2 is 1.73 bits per heavy atom. The molecule has 1 fully saturated rings. The van der Waals surface area contributed by atoms with Crippen LogP contribution in [0.4, 0.5) is 5.95 Å². The van der Waals surface area contributed by atoms with Gasteiger partial charge in [-0.3, -0.25) is 4.79 Å². The molecule has 1 aromatic carbocycles. The van der Waals surface area contributed by atoms with E-state index in [0.717, 1.165) is 10.0 Å². The number of aromatic nitrogens is 2. The first-order valence-electron chi connectivity index (χ1n) is 7.13. The van der Waals surface area contributed by atoms with E-state index >= 15 is 0 Å². The molecule has 3 rings (SSSR count). The molecular formula is C16H16BrN3O2. The van der Waals surface area contributed by atoms with Crippen LogP contribution in [0.15, 0.2) is 47.2 Å². The van der Waals surface area contributed by atoms with Gasteiger partial charge in [0.15, 0.2) is 0 Å². The van der Waals surface area contributed by atoms with E-state index in [9.17, 15) is 9.90 Å². The molecule has 2 aromatic rings. The maximum atomic E-state index is 11.9. The first-order valence-corrected chi connectivity index (χ1v) is 7.92. The number of piperidine rings is 1. The number of rotatable bonds is 3. The lowest BCUT2D eigenvalue weighted by atomic mass is 9.73. The van der Waals surface area contributed by atoms with Crippen molar-refractivity contribution in [2.45, 2.75) is 18.3 Å². The number of aliphatic carboxylic acids is 1. The number of halogens is 1. The van der Waals surface area contributed by atoms with Crippen LogP contribution in [0, 0.1) is 0 Å². The maximum Gasteiger partial charge on any atom is 0.314 e. The second-order valence-electron chi connectivity index (χ2n) is 5.44. The molecule has 22 heavy (non-hydrogen) atoms. The number of carboxylic acids is 1. The Morgan fingerprint density at radius 1 is 1.14 bits per heavy atom. The van der Waals surface area contributed by atoms with E-state index in [1.807, 2.05) is 35.2 Å². The predicted molar refractivity (Wildman–Crippen MR) is 86.9 cm³/mol. The van der Waals surface area contributed by atoms with E-state index in [0.29, 0.717) is 31.9 Å². The number of hydrogen-bond donors (Lipinski definition) is 1. The van der Waals surface area contributed by atoms with Crippen molar-refractivity contribution in [3.63, 3.8) is 0 Å². The molecule has 6 heteroatoms. The SMILES string of the molecule is O=C(O)C1(c2ccccc2)CCN(c2ncc(Br)cn2)CC1. The highest BCUT2D eigenvalue weighted by atomic mass is 79.9. The second-order valence-corrected chi connectivity index (χ2v) is 6.36. The van der Waals surface area contributed by atoms with Crippen molar-refractivity contribution >= 4 is 27.8 Å². The Morgan fingerprint density at radius 3 is 2.27 bits per heavy atom. The van der Waals surface area contributed by atoms with E-state index in [-0.39, 0.29) is 0 Å². The molecule has 0 amide bonds. The molecule has 0 saturated carbocycles. The zero-order chi connectivity index (χ0) is 15.6. The molecule has 5 nitrogen and oxygen atoms in total. The highest BCUT2D eigenvalue weighted by molar-refractivity contribution is 9.10. The summed E-state index contributed by atoms with van der Waals surface area (Å²) in [6, 6.07) is 9.50. The van der Waals surface area contributed by atoms with Crippen molar-refractivity contribution < 1.29 is 9.90 Å². The highest BCUT2D eigenvalue weighted by Gasteiger charge is 2.43. The lowest BCUT2D eigenvalue weighted by Gasteiger charge is -2.39. The van der Waals surface area contributed by atoms with Crippen LogP contribution in [0.3, 0.4) is 0 Å². The van der Waals surface area contributed by atoms with Gasteiger partial charge in [-0.1, -0.05) is 30.3 Å². The monoisotopic (exact) mass is 361 g/mol. The molecule has 1 aromatic heterocycles. The zero-order valence-corrected chi connectivity index (χ0v) is 13.5. The predicted octanol–water partition coefficient (Wildman–Crippen LogP) is 2.86. The molecule has 2 heterocycles. The number of hydrogen-bond acceptors (Lipinski definition) is 4. The summed E-state index contributed by atoms with van der Waals surface area (Å²) in [6.45, 7) is 1.26. The Kier molecular flexibility index (Phi) is 4.11. The highest BCUT2D eigenvalue weighted by Crippen LogP contribution is 2.36. The summed E-state index contributed by atoms with van der Waals surface area (Å²) in [5.74, 6) is -0.106. The van der Waals surface area contributed by atoms with Gasteiger partial charge in [0, 0.05) is 25.5 Å². The third-order valence-corrected chi connectivity index (χ3v) is 4.65. The number of nitrogens with zero attached hydrogens (tertiary/aromatic N) is 3. The van der Waals surface area contributed by atoms with Crippen molar-refractivity contribution in [2.24, 2.45) is 0 Å². The summed E-state index contributed by atoms with van der Waals surface area (Å²) < 4.78 is 0.831. The molecule has 1 aliphatic heterocycles. The first-order chi connectivity index (χ1) is 10.6. The normalized spacial score (nSPS) is 17.2. The molecule has 0 aliphatic carbocycles. The summed E-state index contributed by atoms with van der Waals surface area (Å²) in [6.07, 6.45) is 4.51. The lowest BCUT2D eigenvalue weighted by Crippen LogP contribution is -2.47. The van der Waals surface area contributed by atoms with E-state index < -0.39 is 11.4 Å². The van der Waals surface area contributed by atoms with E-state index in [2.05, 4.69) is 25.9 Å². The fourth-order valence-corrected chi connectivity index (χ4v) is 3.15. The minimum Gasteiger partial charge on any atom is -0.481 e. The number of anilines is 1. The van der Waals surface area contributed by atoms with Gasteiger partial charge in [0.1, 0.15) is 0 Å². The summed E-state index contributed by atoms with van der Waals surface area (Å²) in [5, 5.41) is 9.78. The minimum absolute atomic E-state index is 0.547. The third kappa shape index (κ3) is 2.70. The molecule has 1 N–H and O–H groups in total.